The maximum Gasteiger partial charge on any atom is 0.203 e. The van der Waals surface area contributed by atoms with E-state index in [-0.39, 0.29) is 16.8 Å². The van der Waals surface area contributed by atoms with Crippen LogP contribution >= 0.6 is 8.38 Å². The van der Waals surface area contributed by atoms with Gasteiger partial charge in [-0.05, 0) is 18.2 Å². The Labute approximate surface area is 64.3 Å². The van der Waals surface area contributed by atoms with Crippen molar-refractivity contribution >= 4 is 13.7 Å². The molecule has 0 spiro atoms. The van der Waals surface area contributed by atoms with Crippen LogP contribution in [0, 0.1) is 0 Å². The highest BCUT2D eigenvalue weighted by atomic mass is 31.2. The maximum absolute atomic E-state index is 8.99. The molecule has 5 heteroatoms. The summed E-state index contributed by atoms with van der Waals surface area (Å²) in [7, 11) is -2.34. The molecule has 1 aromatic carbocycles. The number of benzene rings is 1. The molecular weight excluding hydrogens is 167 g/mol. The molecule has 0 aliphatic heterocycles. The zero-order valence-electron chi connectivity index (χ0n) is 5.47. The van der Waals surface area contributed by atoms with Gasteiger partial charge in [0.25, 0.3) is 0 Å². The summed E-state index contributed by atoms with van der Waals surface area (Å²) in [6.45, 7) is 0. The fraction of sp³-hybridized carbons (Fsp3) is 0. The van der Waals surface area contributed by atoms with Crippen molar-refractivity contribution in [3.8, 4) is 11.5 Å². The number of phenols is 2. The first-order chi connectivity index (χ1) is 5.11. The molecule has 0 atom stereocenters. The van der Waals surface area contributed by atoms with Crippen molar-refractivity contribution in [3.63, 3.8) is 0 Å². The predicted molar refractivity (Wildman–Crippen MR) is 40.8 cm³/mol. The van der Waals surface area contributed by atoms with Crippen molar-refractivity contribution in [2.75, 3.05) is 0 Å². The first kappa shape index (κ1) is 8.27. The van der Waals surface area contributed by atoms with Gasteiger partial charge in [-0.15, -0.1) is 0 Å². The van der Waals surface area contributed by atoms with Crippen LogP contribution in [-0.4, -0.2) is 20.0 Å². The molecule has 0 aliphatic rings. The number of phenolic OH excluding ortho intramolecular Hbond substituents is 2. The van der Waals surface area contributed by atoms with E-state index < -0.39 is 8.38 Å². The molecule has 0 aliphatic carbocycles. The van der Waals surface area contributed by atoms with Crippen molar-refractivity contribution < 1.29 is 20.0 Å². The highest BCUT2D eigenvalue weighted by Crippen LogP contribution is 2.29. The molecule has 0 aromatic heterocycles. The van der Waals surface area contributed by atoms with Crippen molar-refractivity contribution in [1.29, 1.82) is 0 Å². The standard InChI is InChI=1S/C6H7O4P/c7-4-1-2-5(8)6(3-4)11(9)10/h1-3,7-10H. The fourth-order valence-electron chi connectivity index (χ4n) is 0.672. The second kappa shape index (κ2) is 3.05. The van der Waals surface area contributed by atoms with Gasteiger partial charge in [-0.2, -0.15) is 0 Å². The van der Waals surface area contributed by atoms with E-state index in [1.807, 2.05) is 0 Å². The Morgan fingerprint density at radius 3 is 2.18 bits per heavy atom. The largest absolute Gasteiger partial charge is 0.508 e. The normalized spacial score (nSPS) is 10.5. The third-order valence-electron chi connectivity index (χ3n) is 1.17. The van der Waals surface area contributed by atoms with Gasteiger partial charge in [-0.3, -0.25) is 0 Å². The van der Waals surface area contributed by atoms with Gasteiger partial charge in [0, 0.05) is 0 Å². The van der Waals surface area contributed by atoms with E-state index in [1.165, 1.54) is 12.1 Å². The van der Waals surface area contributed by atoms with E-state index in [2.05, 4.69) is 0 Å². The summed E-state index contributed by atoms with van der Waals surface area (Å²) in [5.41, 5.74) is 0. The lowest BCUT2D eigenvalue weighted by atomic mass is 10.3. The van der Waals surface area contributed by atoms with Crippen molar-refractivity contribution in [2.24, 2.45) is 0 Å². The molecule has 0 unspecified atom stereocenters. The lowest BCUT2D eigenvalue weighted by Crippen LogP contribution is -1.99. The number of hydrogen-bond donors (Lipinski definition) is 4. The Morgan fingerprint density at radius 1 is 1.09 bits per heavy atom. The molecule has 0 amide bonds. The summed E-state index contributed by atoms with van der Waals surface area (Å²) < 4.78 is 0. The quantitative estimate of drug-likeness (QED) is 0.357. The molecule has 0 saturated carbocycles. The van der Waals surface area contributed by atoms with Crippen LogP contribution in [0.15, 0.2) is 18.2 Å². The zero-order valence-corrected chi connectivity index (χ0v) is 6.36. The molecule has 0 fully saturated rings. The molecule has 0 radical (unpaired) electrons. The third-order valence-corrected chi connectivity index (χ3v) is 1.96. The lowest BCUT2D eigenvalue weighted by molar-refractivity contribution is 0.457. The van der Waals surface area contributed by atoms with E-state index in [0.717, 1.165) is 6.07 Å². The second-order valence-corrected chi connectivity index (χ2v) is 3.02. The van der Waals surface area contributed by atoms with Gasteiger partial charge in [0.05, 0.1) is 5.30 Å². The summed E-state index contributed by atoms with van der Waals surface area (Å²) in [4.78, 5) is 17.4. The van der Waals surface area contributed by atoms with Gasteiger partial charge < -0.3 is 20.0 Å². The fourth-order valence-corrected chi connectivity index (χ4v) is 1.20. The second-order valence-electron chi connectivity index (χ2n) is 1.96. The predicted octanol–water partition coefficient (Wildman–Crippen LogP) is 0.0196. The molecule has 1 rings (SSSR count). The average molecular weight is 174 g/mol. The topological polar surface area (TPSA) is 80.9 Å². The Balaban J connectivity index is 3.13. The van der Waals surface area contributed by atoms with Crippen molar-refractivity contribution in [2.45, 2.75) is 0 Å². The molecule has 4 nitrogen and oxygen atoms in total. The van der Waals surface area contributed by atoms with Gasteiger partial charge in [0.2, 0.25) is 8.38 Å². The Morgan fingerprint density at radius 2 is 1.73 bits per heavy atom. The van der Waals surface area contributed by atoms with Crippen LogP contribution in [-0.2, 0) is 0 Å². The molecule has 60 valence electrons. The Kier molecular flexibility index (Phi) is 2.29. The highest BCUT2D eigenvalue weighted by Gasteiger charge is 2.09. The SMILES string of the molecule is Oc1ccc(O)c(P(O)O)c1. The van der Waals surface area contributed by atoms with E-state index in [9.17, 15) is 0 Å². The lowest BCUT2D eigenvalue weighted by Gasteiger charge is -2.04. The smallest absolute Gasteiger partial charge is 0.203 e. The van der Waals surface area contributed by atoms with Crippen molar-refractivity contribution in [1.82, 2.24) is 0 Å². The van der Waals surface area contributed by atoms with Crippen LogP contribution in [0.1, 0.15) is 0 Å². The highest BCUT2D eigenvalue weighted by molar-refractivity contribution is 7.54. The summed E-state index contributed by atoms with van der Waals surface area (Å²) in [5.74, 6) is -0.327. The molecule has 4 N–H and O–H groups in total. The minimum absolute atomic E-state index is 0.0417. The van der Waals surface area contributed by atoms with E-state index >= 15 is 0 Å². The third kappa shape index (κ3) is 1.80. The molecule has 0 saturated heterocycles. The van der Waals surface area contributed by atoms with Crippen LogP contribution in [0.25, 0.3) is 0 Å². The van der Waals surface area contributed by atoms with Gasteiger partial charge in [-0.1, -0.05) is 0 Å². The van der Waals surface area contributed by atoms with Gasteiger partial charge in [0.1, 0.15) is 11.5 Å². The molecule has 0 bridgehead atoms. The maximum atomic E-state index is 8.99. The zero-order chi connectivity index (χ0) is 8.43. The molecule has 1 aromatic rings. The molecular formula is C6H7O4P. The van der Waals surface area contributed by atoms with Crippen LogP contribution in [0.4, 0.5) is 0 Å². The number of hydrogen-bond acceptors (Lipinski definition) is 4. The first-order valence-electron chi connectivity index (χ1n) is 2.81. The monoisotopic (exact) mass is 174 g/mol. The summed E-state index contributed by atoms with van der Waals surface area (Å²) in [5, 5.41) is 17.8. The van der Waals surface area contributed by atoms with E-state index in [1.54, 1.807) is 0 Å². The minimum Gasteiger partial charge on any atom is -0.508 e. The summed E-state index contributed by atoms with van der Waals surface area (Å²) >= 11 is 0. The Hall–Kier alpha value is -0.830. The minimum atomic E-state index is -2.34. The van der Waals surface area contributed by atoms with E-state index in [0.29, 0.717) is 0 Å². The van der Waals surface area contributed by atoms with Gasteiger partial charge >= 0.3 is 0 Å². The Bertz CT molecular complexity index is 261. The summed E-state index contributed by atoms with van der Waals surface area (Å²) in [6, 6.07) is 3.57. The van der Waals surface area contributed by atoms with Crippen LogP contribution in [0.5, 0.6) is 11.5 Å². The van der Waals surface area contributed by atoms with Gasteiger partial charge in [0.15, 0.2) is 0 Å². The van der Waals surface area contributed by atoms with Gasteiger partial charge in [-0.25, -0.2) is 0 Å². The van der Waals surface area contributed by atoms with Crippen LogP contribution in [0.3, 0.4) is 0 Å². The first-order valence-corrected chi connectivity index (χ1v) is 4.06. The number of rotatable bonds is 1. The average Bonchev–Trinajstić information content (AvgIpc) is 1.94. The molecule has 0 heterocycles. The van der Waals surface area contributed by atoms with Crippen LogP contribution < -0.4 is 5.30 Å². The van der Waals surface area contributed by atoms with Crippen molar-refractivity contribution in [3.05, 3.63) is 18.2 Å². The van der Waals surface area contributed by atoms with E-state index in [4.69, 9.17) is 20.0 Å². The summed E-state index contributed by atoms with van der Waals surface area (Å²) in [6.07, 6.45) is 0. The molecule has 11 heavy (non-hydrogen) atoms. The number of aromatic hydroxyl groups is 2. The van der Waals surface area contributed by atoms with Crippen LogP contribution in [0.2, 0.25) is 0 Å².